The van der Waals surface area contributed by atoms with Crippen molar-refractivity contribution in [3.8, 4) is 0 Å². The van der Waals surface area contributed by atoms with Gasteiger partial charge < -0.3 is 4.90 Å². The number of nitrogens with zero attached hydrogens (tertiary/aromatic N) is 1. The van der Waals surface area contributed by atoms with E-state index >= 15 is 0 Å². The summed E-state index contributed by atoms with van der Waals surface area (Å²) >= 11 is 4.36. The SMILES string of the molecule is CCCC1CCC(=O)N(CC(CC)CS)CC1. The van der Waals surface area contributed by atoms with Crippen LogP contribution in [0.1, 0.15) is 52.4 Å². The van der Waals surface area contributed by atoms with Crippen molar-refractivity contribution in [2.24, 2.45) is 11.8 Å². The zero-order chi connectivity index (χ0) is 12.7. The molecule has 1 rings (SSSR count). The second-order valence-corrected chi connectivity index (χ2v) is 5.64. The molecule has 0 saturated carbocycles. The zero-order valence-electron chi connectivity index (χ0n) is 11.3. The fourth-order valence-electron chi connectivity index (χ4n) is 2.61. The molecule has 0 bridgehead atoms. The average Bonchev–Trinajstić information content (AvgIpc) is 2.51. The van der Waals surface area contributed by atoms with Crippen molar-refractivity contribution in [3.63, 3.8) is 0 Å². The van der Waals surface area contributed by atoms with Crippen LogP contribution in [-0.4, -0.2) is 29.6 Å². The monoisotopic (exact) mass is 257 g/mol. The average molecular weight is 257 g/mol. The molecule has 1 fully saturated rings. The first-order chi connectivity index (χ1) is 8.21. The fraction of sp³-hybridized carbons (Fsp3) is 0.929. The van der Waals surface area contributed by atoms with Crippen LogP contribution in [0.2, 0.25) is 0 Å². The highest BCUT2D eigenvalue weighted by Gasteiger charge is 2.23. The van der Waals surface area contributed by atoms with Gasteiger partial charge in [0.1, 0.15) is 0 Å². The Morgan fingerprint density at radius 3 is 2.76 bits per heavy atom. The van der Waals surface area contributed by atoms with Crippen LogP contribution in [-0.2, 0) is 4.79 Å². The molecule has 0 spiro atoms. The van der Waals surface area contributed by atoms with E-state index < -0.39 is 0 Å². The summed E-state index contributed by atoms with van der Waals surface area (Å²) in [5.74, 6) is 2.58. The molecule has 2 unspecified atom stereocenters. The smallest absolute Gasteiger partial charge is 0.222 e. The van der Waals surface area contributed by atoms with Crippen molar-refractivity contribution in [1.29, 1.82) is 0 Å². The van der Waals surface area contributed by atoms with Gasteiger partial charge in [-0.2, -0.15) is 12.6 Å². The Balaban J connectivity index is 2.46. The van der Waals surface area contributed by atoms with E-state index in [-0.39, 0.29) is 0 Å². The highest BCUT2D eigenvalue weighted by molar-refractivity contribution is 7.80. The Bertz CT molecular complexity index is 228. The lowest BCUT2D eigenvalue weighted by atomic mass is 9.96. The number of carbonyl (C=O) groups excluding carboxylic acids is 1. The minimum Gasteiger partial charge on any atom is -0.342 e. The molecule has 100 valence electrons. The summed E-state index contributed by atoms with van der Waals surface area (Å²) in [5.41, 5.74) is 0. The first kappa shape index (κ1) is 14.9. The molecule has 1 aliphatic heterocycles. The molecular weight excluding hydrogens is 230 g/mol. The molecule has 0 aromatic carbocycles. The molecule has 0 radical (unpaired) electrons. The highest BCUT2D eigenvalue weighted by Crippen LogP contribution is 2.23. The summed E-state index contributed by atoms with van der Waals surface area (Å²) in [6, 6.07) is 0. The van der Waals surface area contributed by atoms with E-state index in [1.54, 1.807) is 0 Å². The molecule has 3 heteroatoms. The summed E-state index contributed by atoms with van der Waals surface area (Å²) in [5, 5.41) is 0. The van der Waals surface area contributed by atoms with Crippen molar-refractivity contribution in [2.75, 3.05) is 18.8 Å². The van der Waals surface area contributed by atoms with Gasteiger partial charge in [-0.05, 0) is 30.4 Å². The molecular formula is C14H27NOS. The minimum absolute atomic E-state index is 0.365. The van der Waals surface area contributed by atoms with E-state index in [0.29, 0.717) is 11.8 Å². The molecule has 1 saturated heterocycles. The van der Waals surface area contributed by atoms with E-state index in [0.717, 1.165) is 44.0 Å². The standard InChI is InChI=1S/C14H27NOS/c1-3-5-13-6-7-14(16)15(9-8-13)10-12(4-2)11-17/h12-13,17H,3-11H2,1-2H3. The maximum atomic E-state index is 12.0. The second kappa shape index (κ2) is 8.02. The number of likely N-dealkylation sites (tertiary alicyclic amines) is 1. The molecule has 1 aliphatic rings. The lowest BCUT2D eigenvalue weighted by Crippen LogP contribution is -2.35. The summed E-state index contributed by atoms with van der Waals surface area (Å²) in [4.78, 5) is 14.1. The van der Waals surface area contributed by atoms with E-state index in [1.807, 2.05) is 0 Å². The Labute approximate surface area is 112 Å². The van der Waals surface area contributed by atoms with Gasteiger partial charge in [-0.3, -0.25) is 4.79 Å². The summed E-state index contributed by atoms with van der Waals surface area (Å²) < 4.78 is 0. The Hall–Kier alpha value is -0.180. The predicted octanol–water partition coefficient (Wildman–Crippen LogP) is 3.37. The van der Waals surface area contributed by atoms with Gasteiger partial charge in [0, 0.05) is 19.5 Å². The summed E-state index contributed by atoms with van der Waals surface area (Å²) in [7, 11) is 0. The van der Waals surface area contributed by atoms with Crippen LogP contribution in [0.15, 0.2) is 0 Å². The van der Waals surface area contributed by atoms with Crippen molar-refractivity contribution >= 4 is 18.5 Å². The number of rotatable bonds is 6. The Morgan fingerprint density at radius 2 is 2.18 bits per heavy atom. The summed E-state index contributed by atoms with van der Waals surface area (Å²) in [6.45, 7) is 6.30. The van der Waals surface area contributed by atoms with Crippen LogP contribution in [0.5, 0.6) is 0 Å². The maximum Gasteiger partial charge on any atom is 0.222 e. The van der Waals surface area contributed by atoms with Gasteiger partial charge in [0.2, 0.25) is 5.91 Å². The van der Waals surface area contributed by atoms with Crippen LogP contribution < -0.4 is 0 Å². The quantitative estimate of drug-likeness (QED) is 0.723. The van der Waals surface area contributed by atoms with Gasteiger partial charge in [0.05, 0.1) is 0 Å². The molecule has 0 aromatic rings. The molecule has 2 nitrogen and oxygen atoms in total. The number of hydrogen-bond donors (Lipinski definition) is 1. The van der Waals surface area contributed by atoms with Crippen LogP contribution in [0, 0.1) is 11.8 Å². The first-order valence-corrected chi connectivity index (χ1v) is 7.73. The number of amides is 1. The van der Waals surface area contributed by atoms with Crippen molar-refractivity contribution in [2.45, 2.75) is 52.4 Å². The third-order valence-electron chi connectivity index (χ3n) is 3.94. The van der Waals surface area contributed by atoms with Crippen molar-refractivity contribution in [3.05, 3.63) is 0 Å². The van der Waals surface area contributed by atoms with Crippen molar-refractivity contribution < 1.29 is 4.79 Å². The van der Waals surface area contributed by atoms with Gasteiger partial charge in [0.25, 0.3) is 0 Å². The fourth-order valence-corrected chi connectivity index (χ4v) is 2.98. The third kappa shape index (κ3) is 4.90. The van der Waals surface area contributed by atoms with E-state index in [9.17, 15) is 4.79 Å². The van der Waals surface area contributed by atoms with Gasteiger partial charge in [-0.25, -0.2) is 0 Å². The van der Waals surface area contributed by atoms with Crippen LogP contribution in [0.25, 0.3) is 0 Å². The predicted molar refractivity (Wildman–Crippen MR) is 76.5 cm³/mol. The topological polar surface area (TPSA) is 20.3 Å². The normalized spacial score (nSPS) is 23.6. The van der Waals surface area contributed by atoms with Gasteiger partial charge in [0.15, 0.2) is 0 Å². The summed E-state index contributed by atoms with van der Waals surface area (Å²) in [6.07, 6.45) is 6.70. The van der Waals surface area contributed by atoms with Gasteiger partial charge in [-0.15, -0.1) is 0 Å². The second-order valence-electron chi connectivity index (χ2n) is 5.28. The largest absolute Gasteiger partial charge is 0.342 e. The lowest BCUT2D eigenvalue weighted by molar-refractivity contribution is -0.131. The van der Waals surface area contributed by atoms with Crippen LogP contribution >= 0.6 is 12.6 Å². The molecule has 1 heterocycles. The van der Waals surface area contributed by atoms with Gasteiger partial charge >= 0.3 is 0 Å². The molecule has 1 amide bonds. The van der Waals surface area contributed by atoms with E-state index in [2.05, 4.69) is 31.4 Å². The Morgan fingerprint density at radius 1 is 1.41 bits per heavy atom. The van der Waals surface area contributed by atoms with Crippen molar-refractivity contribution in [1.82, 2.24) is 4.90 Å². The third-order valence-corrected chi connectivity index (χ3v) is 4.45. The maximum absolute atomic E-state index is 12.0. The molecule has 0 N–H and O–H groups in total. The molecule has 0 aliphatic carbocycles. The Kier molecular flexibility index (Phi) is 7.02. The lowest BCUT2D eigenvalue weighted by Gasteiger charge is -2.25. The highest BCUT2D eigenvalue weighted by atomic mass is 32.1. The number of hydrogen-bond acceptors (Lipinski definition) is 2. The minimum atomic E-state index is 0.365. The number of carbonyl (C=O) groups is 1. The van der Waals surface area contributed by atoms with E-state index in [4.69, 9.17) is 0 Å². The zero-order valence-corrected chi connectivity index (χ0v) is 12.2. The van der Waals surface area contributed by atoms with Crippen LogP contribution in [0.4, 0.5) is 0 Å². The molecule has 2 atom stereocenters. The first-order valence-electron chi connectivity index (χ1n) is 7.09. The van der Waals surface area contributed by atoms with E-state index in [1.165, 1.54) is 19.3 Å². The van der Waals surface area contributed by atoms with Gasteiger partial charge in [-0.1, -0.05) is 33.1 Å². The number of thiol groups is 1. The molecule has 17 heavy (non-hydrogen) atoms. The van der Waals surface area contributed by atoms with Crippen LogP contribution in [0.3, 0.4) is 0 Å². The molecule has 0 aromatic heterocycles.